The van der Waals surface area contributed by atoms with E-state index in [1.807, 2.05) is 44.2 Å². The van der Waals surface area contributed by atoms with Crippen molar-refractivity contribution >= 4 is 27.8 Å². The van der Waals surface area contributed by atoms with Gasteiger partial charge in [-0.3, -0.25) is 4.79 Å². The third-order valence-corrected chi connectivity index (χ3v) is 8.24. The standard InChI is InChI=1S/C27H38N4O7S/c1-18(2)16-31(39(35,36)22-11-9-20(28)10-12-22)17-25(32)23(13-19-7-5-4-6-8-19)30-27(34)38-21-14-24(29-15-21)26(33)37-3/h4-12,18,21,23-25,29,32H,13-17,28H2,1-3H3,(H,30,34)/t21-,23+,24+,25+/m1/s1. The minimum absolute atomic E-state index is 0.0242. The summed E-state index contributed by atoms with van der Waals surface area (Å²) in [6.07, 6.45) is -2.10. The Bertz CT molecular complexity index is 1190. The highest BCUT2D eigenvalue weighted by molar-refractivity contribution is 7.89. The molecule has 1 amide bonds. The minimum Gasteiger partial charge on any atom is -0.468 e. The predicted molar refractivity (Wildman–Crippen MR) is 146 cm³/mol. The van der Waals surface area contributed by atoms with E-state index in [2.05, 4.69) is 10.6 Å². The molecule has 0 unspecified atom stereocenters. The number of nitrogens with zero attached hydrogens (tertiary/aromatic N) is 1. The summed E-state index contributed by atoms with van der Waals surface area (Å²) >= 11 is 0. The van der Waals surface area contributed by atoms with Gasteiger partial charge in [0.05, 0.1) is 24.2 Å². The second kappa shape index (κ2) is 13.7. The molecule has 214 valence electrons. The molecule has 0 spiro atoms. The molecule has 0 aliphatic carbocycles. The molecule has 39 heavy (non-hydrogen) atoms. The van der Waals surface area contributed by atoms with Gasteiger partial charge >= 0.3 is 12.1 Å². The number of carbonyl (C=O) groups excluding carboxylic acids is 2. The van der Waals surface area contributed by atoms with Crippen LogP contribution >= 0.6 is 0 Å². The molecule has 2 aromatic rings. The highest BCUT2D eigenvalue weighted by atomic mass is 32.2. The van der Waals surface area contributed by atoms with Gasteiger partial charge in [0.25, 0.3) is 0 Å². The Morgan fingerprint density at radius 1 is 1.13 bits per heavy atom. The fourth-order valence-corrected chi connectivity index (χ4v) is 6.03. The SMILES string of the molecule is COC(=O)[C@@H]1C[C@@H](OC(=O)N[C@@H](Cc2ccccc2)[C@@H](O)CN(CC(C)C)S(=O)(=O)c2ccc(N)cc2)CN1. The Balaban J connectivity index is 1.77. The molecular formula is C27H38N4O7S. The summed E-state index contributed by atoms with van der Waals surface area (Å²) in [5.41, 5.74) is 7.00. The summed E-state index contributed by atoms with van der Waals surface area (Å²) in [6.45, 7) is 3.95. The van der Waals surface area contributed by atoms with Crippen LogP contribution in [0.5, 0.6) is 0 Å². The van der Waals surface area contributed by atoms with Crippen molar-refractivity contribution in [2.24, 2.45) is 5.92 Å². The Labute approximate surface area is 229 Å². The number of sulfonamides is 1. The molecule has 11 nitrogen and oxygen atoms in total. The number of nitrogen functional groups attached to an aromatic ring is 1. The van der Waals surface area contributed by atoms with Crippen molar-refractivity contribution in [2.45, 2.75) is 55.9 Å². The third-order valence-electron chi connectivity index (χ3n) is 6.39. The van der Waals surface area contributed by atoms with E-state index < -0.39 is 46.4 Å². The number of anilines is 1. The minimum atomic E-state index is -3.96. The number of nitrogens with one attached hydrogen (secondary N) is 2. The quantitative estimate of drug-likeness (QED) is 0.222. The summed E-state index contributed by atoms with van der Waals surface area (Å²) in [7, 11) is -2.67. The van der Waals surface area contributed by atoms with Gasteiger partial charge < -0.3 is 30.9 Å². The Hall–Kier alpha value is -3.19. The number of benzene rings is 2. The van der Waals surface area contributed by atoms with Gasteiger partial charge in [-0.15, -0.1) is 0 Å². The number of methoxy groups -OCH3 is 1. The van der Waals surface area contributed by atoms with Gasteiger partial charge in [0.2, 0.25) is 10.0 Å². The number of esters is 1. The summed E-state index contributed by atoms with van der Waals surface area (Å²) < 4.78 is 38.4. The van der Waals surface area contributed by atoms with Crippen molar-refractivity contribution in [3.8, 4) is 0 Å². The lowest BCUT2D eigenvalue weighted by molar-refractivity contribution is -0.142. The highest BCUT2D eigenvalue weighted by Gasteiger charge is 2.34. The first-order valence-electron chi connectivity index (χ1n) is 12.9. The largest absolute Gasteiger partial charge is 0.468 e. The molecule has 5 N–H and O–H groups in total. The average molecular weight is 563 g/mol. The number of hydrogen-bond acceptors (Lipinski definition) is 9. The van der Waals surface area contributed by atoms with Crippen molar-refractivity contribution < 1.29 is 32.6 Å². The Morgan fingerprint density at radius 2 is 1.79 bits per heavy atom. The van der Waals surface area contributed by atoms with Gasteiger partial charge in [-0.05, 0) is 42.2 Å². The van der Waals surface area contributed by atoms with Crippen LogP contribution in [-0.4, -0.2) is 80.9 Å². The smallest absolute Gasteiger partial charge is 0.407 e. The van der Waals surface area contributed by atoms with Gasteiger partial charge in [0, 0.05) is 31.7 Å². The molecule has 1 fully saturated rings. The van der Waals surface area contributed by atoms with E-state index in [1.54, 1.807) is 0 Å². The molecule has 1 heterocycles. The van der Waals surface area contributed by atoms with Crippen molar-refractivity contribution in [3.05, 3.63) is 60.2 Å². The van der Waals surface area contributed by atoms with Crippen LogP contribution < -0.4 is 16.4 Å². The van der Waals surface area contributed by atoms with Gasteiger partial charge in [-0.1, -0.05) is 44.2 Å². The number of aliphatic hydroxyl groups excluding tert-OH is 1. The number of ether oxygens (including phenoxy) is 2. The normalized spacial score (nSPS) is 19.0. The predicted octanol–water partition coefficient (Wildman–Crippen LogP) is 1.52. The maximum Gasteiger partial charge on any atom is 0.407 e. The molecule has 1 saturated heterocycles. The lowest BCUT2D eigenvalue weighted by Gasteiger charge is -2.30. The van der Waals surface area contributed by atoms with Gasteiger partial charge in [0.1, 0.15) is 12.1 Å². The van der Waals surface area contributed by atoms with Crippen LogP contribution in [0.3, 0.4) is 0 Å². The van der Waals surface area contributed by atoms with E-state index >= 15 is 0 Å². The molecule has 1 aliphatic heterocycles. The molecule has 12 heteroatoms. The molecule has 3 rings (SSSR count). The van der Waals surface area contributed by atoms with Crippen molar-refractivity contribution in [1.29, 1.82) is 0 Å². The van der Waals surface area contributed by atoms with E-state index in [0.717, 1.165) is 5.56 Å². The molecule has 0 saturated carbocycles. The fraction of sp³-hybridized carbons (Fsp3) is 0.481. The number of rotatable bonds is 12. The molecule has 2 aromatic carbocycles. The van der Waals surface area contributed by atoms with Crippen LogP contribution in [0.1, 0.15) is 25.8 Å². The van der Waals surface area contributed by atoms with Crippen molar-refractivity contribution in [1.82, 2.24) is 14.9 Å². The summed E-state index contributed by atoms with van der Waals surface area (Å²) in [6, 6.07) is 13.7. The van der Waals surface area contributed by atoms with E-state index in [9.17, 15) is 23.1 Å². The zero-order valence-electron chi connectivity index (χ0n) is 22.4. The molecule has 0 aromatic heterocycles. The maximum atomic E-state index is 13.5. The lowest BCUT2D eigenvalue weighted by atomic mass is 10.0. The molecule has 0 bridgehead atoms. The number of nitrogens with two attached hydrogens (primary N) is 1. The maximum absolute atomic E-state index is 13.5. The lowest BCUT2D eigenvalue weighted by Crippen LogP contribution is -2.51. The van der Waals surface area contributed by atoms with E-state index in [0.29, 0.717) is 5.69 Å². The monoisotopic (exact) mass is 562 g/mol. The second-order valence-corrected chi connectivity index (χ2v) is 12.0. The molecule has 4 atom stereocenters. The summed E-state index contributed by atoms with van der Waals surface area (Å²) in [5.74, 6) is -0.463. The van der Waals surface area contributed by atoms with Crippen molar-refractivity contribution in [3.63, 3.8) is 0 Å². The fourth-order valence-electron chi connectivity index (χ4n) is 4.41. The summed E-state index contributed by atoms with van der Waals surface area (Å²) in [4.78, 5) is 24.7. The second-order valence-electron chi connectivity index (χ2n) is 10.0. The summed E-state index contributed by atoms with van der Waals surface area (Å²) in [5, 5.41) is 17.0. The molecule has 1 aliphatic rings. The average Bonchev–Trinajstić information content (AvgIpc) is 3.36. The topological polar surface area (TPSA) is 160 Å². The Kier molecular flexibility index (Phi) is 10.7. The van der Waals surface area contributed by atoms with E-state index in [4.69, 9.17) is 15.2 Å². The third kappa shape index (κ3) is 8.65. The van der Waals surface area contributed by atoms with Crippen LogP contribution in [0.2, 0.25) is 0 Å². The molecule has 0 radical (unpaired) electrons. The van der Waals surface area contributed by atoms with Crippen LogP contribution in [0.4, 0.5) is 10.5 Å². The Morgan fingerprint density at radius 3 is 2.41 bits per heavy atom. The number of amides is 1. The van der Waals surface area contributed by atoms with Crippen LogP contribution in [0, 0.1) is 5.92 Å². The van der Waals surface area contributed by atoms with Crippen molar-refractivity contribution in [2.75, 3.05) is 32.5 Å². The zero-order valence-corrected chi connectivity index (χ0v) is 23.3. The number of aliphatic hydroxyl groups is 1. The van der Waals surface area contributed by atoms with Gasteiger partial charge in [-0.25, -0.2) is 13.2 Å². The number of hydrogen-bond donors (Lipinski definition) is 4. The van der Waals surface area contributed by atoms with Gasteiger partial charge in [0.15, 0.2) is 0 Å². The number of alkyl carbamates (subject to hydrolysis) is 1. The first kappa shape index (κ1) is 30.4. The van der Waals surface area contributed by atoms with Crippen LogP contribution in [0.15, 0.2) is 59.5 Å². The highest BCUT2D eigenvalue weighted by Crippen LogP contribution is 2.20. The van der Waals surface area contributed by atoms with Gasteiger partial charge in [-0.2, -0.15) is 4.31 Å². The van der Waals surface area contributed by atoms with Crippen LogP contribution in [0.25, 0.3) is 0 Å². The molecular weight excluding hydrogens is 524 g/mol. The first-order valence-corrected chi connectivity index (χ1v) is 14.3. The van der Waals surface area contributed by atoms with Crippen LogP contribution in [-0.2, 0) is 30.7 Å². The zero-order chi connectivity index (χ0) is 28.6. The number of carbonyl (C=O) groups is 2. The van der Waals surface area contributed by atoms with E-state index in [1.165, 1.54) is 35.7 Å². The van der Waals surface area contributed by atoms with E-state index in [-0.39, 0.29) is 43.3 Å². The first-order chi connectivity index (χ1) is 18.5.